The summed E-state index contributed by atoms with van der Waals surface area (Å²) in [6.07, 6.45) is 4.64. The van der Waals surface area contributed by atoms with Crippen LogP contribution in [0.25, 0.3) is 0 Å². The third-order valence-corrected chi connectivity index (χ3v) is 3.21. The largest absolute Gasteiger partial charge is 0.309 e. The van der Waals surface area contributed by atoms with Gasteiger partial charge in [0.2, 0.25) is 0 Å². The number of aryl methyl sites for hydroxylation is 1. The van der Waals surface area contributed by atoms with Crippen molar-refractivity contribution in [1.29, 1.82) is 0 Å². The molecule has 0 amide bonds. The average Bonchev–Trinajstić information content (AvgIpc) is 2.78. The third kappa shape index (κ3) is 3.40. The van der Waals surface area contributed by atoms with Crippen LogP contribution in [0.4, 0.5) is 0 Å². The van der Waals surface area contributed by atoms with Gasteiger partial charge in [-0.05, 0) is 40.7 Å². The molecule has 2 rings (SSSR count). The minimum atomic E-state index is 0.213. The Balaban J connectivity index is 2.13. The lowest BCUT2D eigenvalue weighted by molar-refractivity contribution is 0.523. The van der Waals surface area contributed by atoms with Crippen LogP contribution in [0.2, 0.25) is 0 Å². The van der Waals surface area contributed by atoms with E-state index in [2.05, 4.69) is 38.3 Å². The van der Waals surface area contributed by atoms with Crippen LogP contribution in [0.5, 0.6) is 0 Å². The fourth-order valence-corrected chi connectivity index (χ4v) is 2.12. The second kappa shape index (κ2) is 6.11. The number of nitrogens with zero attached hydrogens (tertiary/aromatic N) is 3. The van der Waals surface area contributed by atoms with Crippen LogP contribution in [0.3, 0.4) is 0 Å². The predicted octanol–water partition coefficient (Wildman–Crippen LogP) is 2.47. The first-order valence-corrected chi connectivity index (χ1v) is 6.81. The van der Waals surface area contributed by atoms with E-state index in [1.165, 1.54) is 0 Å². The topological polar surface area (TPSA) is 42.7 Å². The van der Waals surface area contributed by atoms with Crippen LogP contribution in [0.15, 0.2) is 35.1 Å². The Morgan fingerprint density at radius 1 is 1.39 bits per heavy atom. The van der Waals surface area contributed by atoms with Gasteiger partial charge in [-0.15, -0.1) is 0 Å². The maximum atomic E-state index is 4.46. The van der Waals surface area contributed by atoms with Crippen molar-refractivity contribution in [1.82, 2.24) is 20.1 Å². The van der Waals surface area contributed by atoms with E-state index in [9.17, 15) is 0 Å². The molecular weight excluding hydrogens is 292 g/mol. The molecule has 0 fully saturated rings. The first-order chi connectivity index (χ1) is 8.69. The summed E-state index contributed by atoms with van der Waals surface area (Å²) in [7, 11) is 1.93. The molecule has 18 heavy (non-hydrogen) atoms. The van der Waals surface area contributed by atoms with Crippen molar-refractivity contribution in [3.63, 3.8) is 0 Å². The minimum absolute atomic E-state index is 0.213. The third-order valence-electron chi connectivity index (χ3n) is 2.74. The van der Waals surface area contributed by atoms with Gasteiger partial charge in [0.05, 0.1) is 11.7 Å². The van der Waals surface area contributed by atoms with E-state index in [0.717, 1.165) is 28.8 Å². The predicted molar refractivity (Wildman–Crippen MR) is 75.3 cm³/mol. The van der Waals surface area contributed by atoms with Crippen LogP contribution >= 0.6 is 15.9 Å². The molecule has 5 heteroatoms. The molecule has 0 saturated heterocycles. The van der Waals surface area contributed by atoms with Crippen molar-refractivity contribution in [3.05, 3.63) is 46.5 Å². The van der Waals surface area contributed by atoms with Crippen molar-refractivity contribution < 1.29 is 0 Å². The van der Waals surface area contributed by atoms with Gasteiger partial charge in [0.15, 0.2) is 0 Å². The molecule has 0 spiro atoms. The van der Waals surface area contributed by atoms with E-state index >= 15 is 0 Å². The SMILES string of the molecule is CCNC(Cc1ccc(Br)cn1)c1ccn(C)n1. The molecule has 0 radical (unpaired) electrons. The molecule has 96 valence electrons. The number of aromatic nitrogens is 3. The van der Waals surface area contributed by atoms with Crippen LogP contribution in [-0.4, -0.2) is 21.3 Å². The van der Waals surface area contributed by atoms with Gasteiger partial charge in [-0.1, -0.05) is 6.92 Å². The highest BCUT2D eigenvalue weighted by molar-refractivity contribution is 9.10. The van der Waals surface area contributed by atoms with E-state index < -0.39 is 0 Å². The van der Waals surface area contributed by atoms with Gasteiger partial charge < -0.3 is 5.32 Å². The van der Waals surface area contributed by atoms with Gasteiger partial charge >= 0.3 is 0 Å². The number of likely N-dealkylation sites (N-methyl/N-ethyl adjacent to an activating group) is 1. The monoisotopic (exact) mass is 308 g/mol. The number of hydrogen-bond acceptors (Lipinski definition) is 3. The summed E-state index contributed by atoms with van der Waals surface area (Å²) in [5.41, 5.74) is 2.12. The molecule has 0 aliphatic heterocycles. The van der Waals surface area contributed by atoms with Crippen molar-refractivity contribution in [2.24, 2.45) is 7.05 Å². The standard InChI is InChI=1S/C13H17BrN4/c1-3-15-13(12-6-7-18(2)17-12)8-11-5-4-10(14)9-16-11/h4-7,9,13,15H,3,8H2,1-2H3. The summed E-state index contributed by atoms with van der Waals surface area (Å²) in [4.78, 5) is 4.41. The van der Waals surface area contributed by atoms with E-state index in [-0.39, 0.29) is 6.04 Å². The summed E-state index contributed by atoms with van der Waals surface area (Å²) in [5, 5.41) is 7.91. The molecule has 2 aromatic rings. The highest BCUT2D eigenvalue weighted by atomic mass is 79.9. The second-order valence-corrected chi connectivity index (χ2v) is 5.11. The molecule has 0 aromatic carbocycles. The van der Waals surface area contributed by atoms with Crippen LogP contribution < -0.4 is 5.32 Å². The number of rotatable bonds is 5. The first-order valence-electron chi connectivity index (χ1n) is 6.02. The molecule has 2 heterocycles. The van der Waals surface area contributed by atoms with E-state index in [1.54, 1.807) is 0 Å². The average molecular weight is 309 g/mol. The smallest absolute Gasteiger partial charge is 0.0797 e. The zero-order valence-electron chi connectivity index (χ0n) is 10.6. The Morgan fingerprint density at radius 3 is 2.78 bits per heavy atom. The summed E-state index contributed by atoms with van der Waals surface area (Å²) < 4.78 is 2.83. The van der Waals surface area contributed by atoms with Crippen molar-refractivity contribution in [2.45, 2.75) is 19.4 Å². The van der Waals surface area contributed by atoms with Gasteiger partial charge in [0, 0.05) is 36.0 Å². The highest BCUT2D eigenvalue weighted by Crippen LogP contribution is 2.16. The molecule has 0 saturated carbocycles. The number of halogens is 1. The first kappa shape index (κ1) is 13.2. The Labute approximate surface area is 116 Å². The summed E-state index contributed by atoms with van der Waals surface area (Å²) >= 11 is 3.40. The normalized spacial score (nSPS) is 12.6. The van der Waals surface area contributed by atoms with Crippen molar-refractivity contribution in [2.75, 3.05) is 6.54 Å². The van der Waals surface area contributed by atoms with Gasteiger partial charge in [-0.2, -0.15) is 5.10 Å². The van der Waals surface area contributed by atoms with Gasteiger partial charge in [-0.3, -0.25) is 9.67 Å². The quantitative estimate of drug-likeness (QED) is 0.922. The van der Waals surface area contributed by atoms with E-state index in [4.69, 9.17) is 0 Å². The molecule has 4 nitrogen and oxygen atoms in total. The highest BCUT2D eigenvalue weighted by Gasteiger charge is 2.14. The Morgan fingerprint density at radius 2 is 2.22 bits per heavy atom. The van der Waals surface area contributed by atoms with E-state index in [0.29, 0.717) is 0 Å². The Hall–Kier alpha value is -1.20. The van der Waals surface area contributed by atoms with Gasteiger partial charge in [-0.25, -0.2) is 0 Å². The summed E-state index contributed by atoms with van der Waals surface area (Å²) in [5.74, 6) is 0. The van der Waals surface area contributed by atoms with Crippen LogP contribution in [-0.2, 0) is 13.5 Å². The molecule has 1 N–H and O–H groups in total. The van der Waals surface area contributed by atoms with Gasteiger partial charge in [0.1, 0.15) is 0 Å². The Bertz CT molecular complexity index is 492. The number of pyridine rings is 1. The van der Waals surface area contributed by atoms with Crippen molar-refractivity contribution >= 4 is 15.9 Å². The minimum Gasteiger partial charge on any atom is -0.309 e. The fourth-order valence-electron chi connectivity index (χ4n) is 1.88. The molecule has 0 bridgehead atoms. The molecule has 1 unspecified atom stereocenters. The van der Waals surface area contributed by atoms with E-state index in [1.807, 2.05) is 42.3 Å². The maximum absolute atomic E-state index is 4.46. The molecule has 0 aliphatic rings. The fraction of sp³-hybridized carbons (Fsp3) is 0.385. The number of nitrogens with one attached hydrogen (secondary N) is 1. The lowest BCUT2D eigenvalue weighted by Gasteiger charge is -2.15. The molecular formula is C13H17BrN4. The second-order valence-electron chi connectivity index (χ2n) is 4.20. The lowest BCUT2D eigenvalue weighted by atomic mass is 10.1. The lowest BCUT2D eigenvalue weighted by Crippen LogP contribution is -2.24. The van der Waals surface area contributed by atoms with Crippen LogP contribution in [0, 0.1) is 0 Å². The zero-order valence-corrected chi connectivity index (χ0v) is 12.2. The zero-order chi connectivity index (χ0) is 13.0. The maximum Gasteiger partial charge on any atom is 0.0797 e. The summed E-state index contributed by atoms with van der Waals surface area (Å²) in [6, 6.07) is 6.32. The molecule has 2 aromatic heterocycles. The van der Waals surface area contributed by atoms with Crippen LogP contribution in [0.1, 0.15) is 24.4 Å². The summed E-state index contributed by atoms with van der Waals surface area (Å²) in [6.45, 7) is 3.02. The Kier molecular flexibility index (Phi) is 4.49. The molecule has 1 atom stereocenters. The molecule has 0 aliphatic carbocycles. The van der Waals surface area contributed by atoms with Crippen molar-refractivity contribution in [3.8, 4) is 0 Å². The van der Waals surface area contributed by atoms with Gasteiger partial charge in [0.25, 0.3) is 0 Å². The number of hydrogen-bond donors (Lipinski definition) is 1.